The molecule has 2 rings (SSSR count). The molecule has 1 aliphatic heterocycles. The Morgan fingerprint density at radius 2 is 1.96 bits per heavy atom. The van der Waals surface area contributed by atoms with Crippen LogP contribution in [-0.4, -0.2) is 59.4 Å². The van der Waals surface area contributed by atoms with Gasteiger partial charge in [0, 0.05) is 26.7 Å². The molecule has 0 saturated carbocycles. The van der Waals surface area contributed by atoms with Crippen molar-refractivity contribution in [3.63, 3.8) is 0 Å². The molecule has 0 bridgehead atoms. The fourth-order valence-corrected chi connectivity index (χ4v) is 3.18. The summed E-state index contributed by atoms with van der Waals surface area (Å²) in [4.78, 5) is 39.3. The summed E-state index contributed by atoms with van der Waals surface area (Å²) in [6, 6.07) is 9.57. The van der Waals surface area contributed by atoms with Gasteiger partial charge in [-0.3, -0.25) is 14.4 Å². The zero-order valence-corrected chi connectivity index (χ0v) is 14.9. The van der Waals surface area contributed by atoms with E-state index in [9.17, 15) is 14.4 Å². The highest BCUT2D eigenvalue weighted by molar-refractivity contribution is 5.82. The first kappa shape index (κ1) is 19.0. The van der Waals surface area contributed by atoms with Crippen molar-refractivity contribution in [3.8, 4) is 0 Å². The summed E-state index contributed by atoms with van der Waals surface area (Å²) in [6.45, 7) is 2.85. The smallest absolute Gasteiger partial charge is 0.308 e. The molecule has 2 atom stereocenters. The van der Waals surface area contributed by atoms with E-state index in [0.717, 1.165) is 18.4 Å². The predicted molar refractivity (Wildman–Crippen MR) is 93.9 cm³/mol. The van der Waals surface area contributed by atoms with Crippen LogP contribution in [0.2, 0.25) is 0 Å². The zero-order chi connectivity index (χ0) is 18.4. The van der Waals surface area contributed by atoms with E-state index < -0.39 is 11.9 Å². The number of carboxylic acids is 1. The second-order valence-electron chi connectivity index (χ2n) is 6.80. The van der Waals surface area contributed by atoms with Crippen LogP contribution < -0.4 is 0 Å². The number of carbonyl (C=O) groups excluding carboxylic acids is 2. The van der Waals surface area contributed by atoms with E-state index in [1.54, 1.807) is 18.9 Å². The lowest BCUT2D eigenvalue weighted by Crippen LogP contribution is -2.47. The summed E-state index contributed by atoms with van der Waals surface area (Å²) in [7, 11) is 1.63. The average Bonchev–Trinajstić information content (AvgIpc) is 2.61. The highest BCUT2D eigenvalue weighted by atomic mass is 16.4. The number of likely N-dealkylation sites (tertiary alicyclic amines) is 1. The van der Waals surface area contributed by atoms with E-state index in [0.29, 0.717) is 19.5 Å². The Morgan fingerprint density at radius 3 is 2.60 bits per heavy atom. The lowest BCUT2D eigenvalue weighted by atomic mass is 9.95. The number of benzene rings is 1. The standard InChI is InChI=1S/C19H26N2O4/c1-14(19(24)25)12-20(2)18(23)16-9-6-10-21(13-16)17(22)11-15-7-4-3-5-8-15/h3-5,7-8,14,16H,6,9-13H2,1-2H3,(H,24,25). The number of hydrogen-bond acceptors (Lipinski definition) is 3. The van der Waals surface area contributed by atoms with Gasteiger partial charge in [0.15, 0.2) is 0 Å². The first-order valence-electron chi connectivity index (χ1n) is 8.68. The molecular weight excluding hydrogens is 320 g/mol. The molecular formula is C19H26N2O4. The number of carbonyl (C=O) groups is 3. The minimum Gasteiger partial charge on any atom is -0.481 e. The SMILES string of the molecule is CC(CN(C)C(=O)C1CCCN(C(=O)Cc2ccccc2)C1)C(=O)O. The number of nitrogens with zero attached hydrogens (tertiary/aromatic N) is 2. The largest absolute Gasteiger partial charge is 0.481 e. The quantitative estimate of drug-likeness (QED) is 0.849. The molecule has 1 aromatic rings. The van der Waals surface area contributed by atoms with Crippen LogP contribution in [-0.2, 0) is 20.8 Å². The van der Waals surface area contributed by atoms with E-state index in [2.05, 4.69) is 0 Å². The van der Waals surface area contributed by atoms with Gasteiger partial charge in [0.25, 0.3) is 0 Å². The van der Waals surface area contributed by atoms with Gasteiger partial charge in [0.05, 0.1) is 18.3 Å². The van der Waals surface area contributed by atoms with E-state index >= 15 is 0 Å². The summed E-state index contributed by atoms with van der Waals surface area (Å²) in [5, 5.41) is 8.99. The summed E-state index contributed by atoms with van der Waals surface area (Å²) in [6.07, 6.45) is 1.87. The van der Waals surface area contributed by atoms with Crippen molar-refractivity contribution in [2.45, 2.75) is 26.2 Å². The number of carboxylic acid groups (broad SMARTS) is 1. The molecule has 1 aliphatic rings. The number of amides is 2. The van der Waals surface area contributed by atoms with E-state index in [-0.39, 0.29) is 24.3 Å². The van der Waals surface area contributed by atoms with Gasteiger partial charge in [-0.25, -0.2) is 0 Å². The highest BCUT2D eigenvalue weighted by Crippen LogP contribution is 2.20. The van der Waals surface area contributed by atoms with Crippen molar-refractivity contribution < 1.29 is 19.5 Å². The number of rotatable bonds is 6. The Kier molecular flexibility index (Phi) is 6.56. The van der Waals surface area contributed by atoms with Crippen molar-refractivity contribution in [1.29, 1.82) is 0 Å². The lowest BCUT2D eigenvalue weighted by Gasteiger charge is -2.34. The van der Waals surface area contributed by atoms with Gasteiger partial charge in [-0.2, -0.15) is 0 Å². The van der Waals surface area contributed by atoms with Crippen molar-refractivity contribution in [3.05, 3.63) is 35.9 Å². The van der Waals surface area contributed by atoms with E-state index in [4.69, 9.17) is 5.11 Å². The molecule has 0 aliphatic carbocycles. The molecule has 25 heavy (non-hydrogen) atoms. The van der Waals surface area contributed by atoms with Crippen molar-refractivity contribution in [1.82, 2.24) is 9.80 Å². The van der Waals surface area contributed by atoms with Crippen LogP contribution in [0.1, 0.15) is 25.3 Å². The Morgan fingerprint density at radius 1 is 1.28 bits per heavy atom. The summed E-state index contributed by atoms with van der Waals surface area (Å²) >= 11 is 0. The third-order valence-electron chi connectivity index (χ3n) is 4.67. The van der Waals surface area contributed by atoms with Gasteiger partial charge < -0.3 is 14.9 Å². The zero-order valence-electron chi connectivity index (χ0n) is 14.9. The highest BCUT2D eigenvalue weighted by Gasteiger charge is 2.31. The van der Waals surface area contributed by atoms with Crippen molar-refractivity contribution in [2.75, 3.05) is 26.7 Å². The second-order valence-corrected chi connectivity index (χ2v) is 6.80. The summed E-state index contributed by atoms with van der Waals surface area (Å²) < 4.78 is 0. The fraction of sp³-hybridized carbons (Fsp3) is 0.526. The van der Waals surface area contributed by atoms with Crippen LogP contribution >= 0.6 is 0 Å². The minimum atomic E-state index is -0.914. The van der Waals surface area contributed by atoms with Crippen LogP contribution in [0, 0.1) is 11.8 Å². The molecule has 1 fully saturated rings. The first-order valence-corrected chi connectivity index (χ1v) is 8.68. The van der Waals surface area contributed by atoms with Crippen LogP contribution in [0.15, 0.2) is 30.3 Å². The molecule has 1 heterocycles. The summed E-state index contributed by atoms with van der Waals surface area (Å²) in [5.74, 6) is -1.81. The Labute approximate surface area is 148 Å². The molecule has 136 valence electrons. The normalized spacial score (nSPS) is 18.5. The molecule has 2 amide bonds. The number of piperidine rings is 1. The van der Waals surface area contributed by atoms with Gasteiger partial charge in [0.1, 0.15) is 0 Å². The lowest BCUT2D eigenvalue weighted by molar-refractivity contribution is -0.144. The molecule has 1 N–H and O–H groups in total. The molecule has 0 spiro atoms. The second kappa shape index (κ2) is 8.65. The molecule has 0 radical (unpaired) electrons. The third kappa shape index (κ3) is 5.31. The fourth-order valence-electron chi connectivity index (χ4n) is 3.18. The molecule has 6 heteroatoms. The molecule has 1 saturated heterocycles. The van der Waals surface area contributed by atoms with Gasteiger partial charge in [0.2, 0.25) is 11.8 Å². The number of aliphatic carboxylic acids is 1. The van der Waals surface area contributed by atoms with Crippen LogP contribution in [0.4, 0.5) is 0 Å². The first-order chi connectivity index (χ1) is 11.9. The van der Waals surface area contributed by atoms with E-state index in [1.807, 2.05) is 30.3 Å². The topological polar surface area (TPSA) is 77.9 Å². The maximum Gasteiger partial charge on any atom is 0.308 e. The Bertz CT molecular complexity index is 617. The van der Waals surface area contributed by atoms with Gasteiger partial charge in [-0.05, 0) is 18.4 Å². The average molecular weight is 346 g/mol. The predicted octanol–water partition coefficient (Wildman–Crippen LogP) is 1.65. The van der Waals surface area contributed by atoms with E-state index in [1.165, 1.54) is 4.90 Å². The van der Waals surface area contributed by atoms with Gasteiger partial charge in [-0.1, -0.05) is 37.3 Å². The number of hydrogen-bond donors (Lipinski definition) is 1. The van der Waals surface area contributed by atoms with Gasteiger partial charge in [-0.15, -0.1) is 0 Å². The summed E-state index contributed by atoms with van der Waals surface area (Å²) in [5.41, 5.74) is 0.966. The monoisotopic (exact) mass is 346 g/mol. The molecule has 1 aromatic carbocycles. The Hall–Kier alpha value is -2.37. The third-order valence-corrected chi connectivity index (χ3v) is 4.67. The maximum atomic E-state index is 12.6. The molecule has 0 aromatic heterocycles. The maximum absolute atomic E-state index is 12.6. The van der Waals surface area contributed by atoms with Crippen LogP contribution in [0.25, 0.3) is 0 Å². The van der Waals surface area contributed by atoms with Crippen LogP contribution in [0.3, 0.4) is 0 Å². The Balaban J connectivity index is 1.92. The van der Waals surface area contributed by atoms with Crippen molar-refractivity contribution >= 4 is 17.8 Å². The molecule has 2 unspecified atom stereocenters. The van der Waals surface area contributed by atoms with Crippen molar-refractivity contribution in [2.24, 2.45) is 11.8 Å². The minimum absolute atomic E-state index is 0.0326. The molecule has 6 nitrogen and oxygen atoms in total. The van der Waals surface area contributed by atoms with Crippen LogP contribution in [0.5, 0.6) is 0 Å². The van der Waals surface area contributed by atoms with Gasteiger partial charge >= 0.3 is 5.97 Å².